The number of aliphatic carboxylic acids is 1. The summed E-state index contributed by atoms with van der Waals surface area (Å²) in [6, 6.07) is 0. The van der Waals surface area contributed by atoms with Gasteiger partial charge in [0.2, 0.25) is 47.4 Å². The van der Waals surface area contributed by atoms with Crippen LogP contribution >= 0.6 is 0 Å². The summed E-state index contributed by atoms with van der Waals surface area (Å²) in [5.74, 6) is 89.9. The fourth-order valence-corrected chi connectivity index (χ4v) is 5.21. The largest absolute Gasteiger partial charge is 1.00 e. The maximum absolute atomic E-state index is 12.7. The minimum atomic E-state index is -5.48. The zero-order valence-electron chi connectivity index (χ0n) is 47.8. The number of carbonyl (C=O) groups is 1. The molecule has 0 aromatic heterocycles. The zero-order valence-corrected chi connectivity index (χ0v) is 61.0. The van der Waals surface area contributed by atoms with E-state index in [2.05, 4.69) is 264 Å². The van der Waals surface area contributed by atoms with E-state index in [1.807, 2.05) is 0 Å². The average Bonchev–Trinajstić information content (AvgIpc) is 0.771. The van der Waals surface area contributed by atoms with Crippen molar-refractivity contribution in [1.82, 2.24) is 0 Å². The van der Waals surface area contributed by atoms with Crippen molar-refractivity contribution in [2.45, 2.75) is 44.4 Å². The van der Waals surface area contributed by atoms with Crippen LogP contribution in [0, 0.1) is 287 Å². The van der Waals surface area contributed by atoms with E-state index in [1.165, 1.54) is 13.8 Å². The molecule has 1 aliphatic rings. The molecule has 2 N–H and O–H groups in total. The number of carbonyl (C=O) groups excluding carboxylic acids is 1. The van der Waals surface area contributed by atoms with Crippen molar-refractivity contribution in [3.63, 3.8) is 0 Å². The van der Waals surface area contributed by atoms with E-state index in [-0.39, 0.29) is 211 Å². The Morgan fingerprint density at radius 2 is 0.800 bits per heavy atom. The summed E-state index contributed by atoms with van der Waals surface area (Å²) >= 11 is 0. The molecule has 31 heteroatoms. The van der Waals surface area contributed by atoms with E-state index >= 15 is 0 Å². The van der Waals surface area contributed by atoms with Crippen molar-refractivity contribution in [1.29, 1.82) is 0 Å². The Labute approximate surface area is 701 Å². The predicted octanol–water partition coefficient (Wildman–Crippen LogP) is -8.25. The van der Waals surface area contributed by atoms with Gasteiger partial charge in [-0.3, -0.25) is 13.3 Å². The number of terminal acetylenes is 2. The smallest absolute Gasteiger partial charge is 0.726 e. The first-order chi connectivity index (χ1) is 40.0. The summed E-state index contributed by atoms with van der Waals surface area (Å²) in [6.07, 6.45) is 9.15. The molecular formula is C59H113Na5O22S4-2. The summed E-state index contributed by atoms with van der Waals surface area (Å²) in [7, 11) is -20.7. The summed E-state index contributed by atoms with van der Waals surface area (Å²) < 4.78 is 165. The molecule has 0 amide bonds. The standard InChI is InChI=1S/C59H26O14S2.5Na.2H2O4S.44H2/c1-6-8-10-12-14-16-18-20-22-24-26-28-30-32-34-36-38-40-42-44-46-68-50-58(5,51-69-47-45-43-41-39-37-35-33-31-29-27-25-23-21-19-17-15-13-11-9-7-2)52-70-59(57(60)61)49-56(73-75(65,66)67)54(4)55(71-59)48-53(3)72-74(62,63)64;;;;;;2*1-5(2,3)4;;;;;;;;;;;;;;;;;;;;;;;;;;;;;;;;;;;;;;;;;;;;/h1-2,48,53-56H,3,49-52H2,4-5H3,(H,60,61)(H,62,63,64)(H,65,66,67);;;;;;2*(H2,1,2,3,4);44*1H/q-2;5*+1;;;;;;;;;;;;;;;;;;;;;;;;;;;;;;;;;;;;;;;;;;;;;;/p-5/t53-,54?,55?,56-,59-;;;;;;;;;;;;;;;;;;;;;;;;;;;;;;;;;;;;;;;;;;;;;;;;;;;/m1.................................................../s1. The van der Waals surface area contributed by atoms with Gasteiger partial charge in [0.1, 0.15) is 31.4 Å². The van der Waals surface area contributed by atoms with E-state index in [1.54, 1.807) is 0 Å². The van der Waals surface area contributed by atoms with Gasteiger partial charge in [0.25, 0.3) is 0 Å². The predicted molar refractivity (Wildman–Crippen MR) is 382 cm³/mol. The quantitative estimate of drug-likeness (QED) is 0.0536. The Morgan fingerprint density at radius 1 is 0.544 bits per heavy atom. The topological polar surface area (TPSA) is 365 Å². The van der Waals surface area contributed by atoms with E-state index in [0.29, 0.717) is 0 Å². The van der Waals surface area contributed by atoms with Crippen molar-refractivity contribution < 1.29 is 309 Å². The van der Waals surface area contributed by atoms with Gasteiger partial charge in [-0.05, 0) is 101 Å². The first-order valence-electron chi connectivity index (χ1n) is 21.0. The normalized spacial score (nSPS) is 13.3. The van der Waals surface area contributed by atoms with Gasteiger partial charge in [0, 0.05) is 211 Å². The molecule has 1 aliphatic heterocycles. The van der Waals surface area contributed by atoms with Gasteiger partial charge in [0.05, 0.1) is 18.1 Å². The van der Waals surface area contributed by atoms with E-state index < -0.39 is 109 Å². The van der Waals surface area contributed by atoms with Crippen LogP contribution in [-0.2, 0) is 73.7 Å². The SMILES string of the molecule is C#CC#CC#CC#CC#CC#CC#CC#CC#CC#CC#COCC(C)(COC#CC#CC#CC#CC#CC#CC#CC#CC#CC#CC#C)CO[C@]1(C(=O)[O-])C[C@@H](OS(=O)(=O)[O-])C(C)C([CH-][C@@H]([CH2-])OS(=O)(=O)[O-])O1.O=S(=O)([O-])O.O=S(=O)([O-])O.[HH].[HH].[HH].[HH].[HH].[HH].[HH].[HH].[HH].[HH].[HH].[HH].[HH].[HH].[HH].[HH].[HH].[HH].[HH].[HH].[HH].[HH].[HH].[HH].[HH].[HH].[HH].[HH].[HH].[HH].[HH].[HH].[HH].[HH].[HH].[HH].[HH].[HH].[HH].[HH].[HH].[HH].[HH].[HH].[Na+].[Na+].[Na+].[Na+].[Na+]. The molecule has 0 spiro atoms. The van der Waals surface area contributed by atoms with Crippen molar-refractivity contribution in [2.75, 3.05) is 19.8 Å². The van der Waals surface area contributed by atoms with Gasteiger partial charge in [-0.15, -0.1) is 12.8 Å². The zero-order chi connectivity index (χ0) is 64.4. The molecule has 0 aromatic rings. The van der Waals surface area contributed by atoms with E-state index in [0.717, 1.165) is 6.42 Å². The molecule has 0 aliphatic carbocycles. The van der Waals surface area contributed by atoms with Crippen LogP contribution < -0.4 is 153 Å². The Bertz CT molecular complexity index is 4390. The molecule has 22 nitrogen and oxygen atoms in total. The number of carboxylic acid groups (broad SMARTS) is 1. The molecule has 1 saturated heterocycles. The van der Waals surface area contributed by atoms with Gasteiger partial charge in [-0.2, -0.15) is 6.10 Å². The van der Waals surface area contributed by atoms with Crippen LogP contribution in [0.1, 0.15) is 83.0 Å². The Morgan fingerprint density at radius 3 is 1.03 bits per heavy atom. The fourth-order valence-electron chi connectivity index (χ4n) is 4.30. The summed E-state index contributed by atoms with van der Waals surface area (Å²) in [5, 5.41) is 12.7. The van der Waals surface area contributed by atoms with Crippen LogP contribution in [0.5, 0.6) is 0 Å². The third-order valence-electron chi connectivity index (χ3n) is 7.24. The Hall–Kier alpha value is -6.21. The van der Waals surface area contributed by atoms with Gasteiger partial charge in [-0.25, -0.2) is 33.7 Å². The molecule has 1 rings (SSSR count). The molecule has 0 bridgehead atoms. The van der Waals surface area contributed by atoms with Gasteiger partial charge >= 0.3 is 148 Å². The molecule has 0 radical (unpaired) electrons. The third kappa shape index (κ3) is 67.7. The van der Waals surface area contributed by atoms with Crippen molar-refractivity contribution in [3.05, 3.63) is 13.3 Å². The molecule has 1 fully saturated rings. The molecule has 0 aromatic carbocycles. The van der Waals surface area contributed by atoms with Crippen LogP contribution in [0.4, 0.5) is 0 Å². The first kappa shape index (κ1) is 97.4. The van der Waals surface area contributed by atoms with Crippen LogP contribution in [0.25, 0.3) is 0 Å². The van der Waals surface area contributed by atoms with Crippen molar-refractivity contribution >= 4 is 47.6 Å². The van der Waals surface area contributed by atoms with Crippen molar-refractivity contribution in [3.8, 4) is 262 Å². The third-order valence-corrected chi connectivity index (χ3v) is 8.20. The van der Waals surface area contributed by atoms with Crippen LogP contribution in [-0.4, -0.2) is 111 Å². The maximum atomic E-state index is 12.7. The van der Waals surface area contributed by atoms with Crippen molar-refractivity contribution in [2.24, 2.45) is 11.3 Å². The van der Waals surface area contributed by atoms with Gasteiger partial charge in [0.15, 0.2) is 0 Å². The average molecular weight is 1420 g/mol. The second-order valence-electron chi connectivity index (χ2n) is 13.7. The van der Waals surface area contributed by atoms with Gasteiger partial charge < -0.3 is 64.6 Å². The molecule has 512 valence electrons. The van der Waals surface area contributed by atoms with E-state index in [9.17, 15) is 35.8 Å². The minimum absolute atomic E-state index is 0. The Kier molecular flexibility index (Phi) is 62.7. The second-order valence-corrected chi connectivity index (χ2v) is 17.5. The number of hydrogen-bond donors (Lipinski definition) is 2. The molecular weight excluding hydrogens is 1300 g/mol. The van der Waals surface area contributed by atoms with Gasteiger partial charge in [-0.1, -0.05) is 20.0 Å². The molecule has 1 heterocycles. The number of rotatable bonds is 14. The molecule has 0 saturated carbocycles. The van der Waals surface area contributed by atoms with E-state index in [4.69, 9.17) is 66.8 Å². The number of ether oxygens (including phenoxy) is 4. The Balaban J connectivity index is -0.0000000226. The first-order valence-corrected chi connectivity index (χ1v) is 26.4. The number of carboxylic acids is 1. The monoisotopic (exact) mass is 1420 g/mol. The summed E-state index contributed by atoms with van der Waals surface area (Å²) in [4.78, 5) is 12.7. The maximum Gasteiger partial charge on any atom is 1.00 e. The summed E-state index contributed by atoms with van der Waals surface area (Å²) in [5.41, 5.74) is -1.40. The second kappa shape index (κ2) is 57.9. The molecule has 5 atom stereocenters. The van der Waals surface area contributed by atoms with Crippen LogP contribution in [0.3, 0.4) is 0 Å². The van der Waals surface area contributed by atoms with Crippen LogP contribution in [0.2, 0.25) is 0 Å². The van der Waals surface area contributed by atoms with Crippen LogP contribution in [0.15, 0.2) is 0 Å². The molecule has 2 unspecified atom stereocenters. The minimum Gasteiger partial charge on any atom is -0.726 e. The summed E-state index contributed by atoms with van der Waals surface area (Å²) in [6.45, 7) is 4.57. The molecule has 90 heavy (non-hydrogen) atoms. The fraction of sp³-hybridized carbons (Fsp3) is 0.203. The number of hydrogen-bond acceptors (Lipinski definition) is 20.